The molecular weight excluding hydrogens is 217 g/mol. The van der Waals surface area contributed by atoms with Crippen molar-refractivity contribution in [1.29, 1.82) is 0 Å². The average molecular weight is 232 g/mol. The van der Waals surface area contributed by atoms with Crippen LogP contribution in [0.15, 0.2) is 18.2 Å². The quantitative estimate of drug-likeness (QED) is 0.837. The van der Waals surface area contributed by atoms with Gasteiger partial charge in [0.25, 0.3) is 0 Å². The summed E-state index contributed by atoms with van der Waals surface area (Å²) < 4.78 is 0. The van der Waals surface area contributed by atoms with Gasteiger partial charge in [0, 0.05) is 6.04 Å². The second-order valence-corrected chi connectivity index (χ2v) is 4.29. The van der Waals surface area contributed by atoms with Crippen molar-refractivity contribution in [3.8, 4) is 0 Å². The molecule has 0 amide bonds. The van der Waals surface area contributed by atoms with Gasteiger partial charge in [-0.05, 0) is 31.5 Å². The topological polar surface area (TPSA) is 12.0 Å². The van der Waals surface area contributed by atoms with Crippen molar-refractivity contribution in [1.82, 2.24) is 5.32 Å². The number of hydrogen-bond acceptors (Lipinski definition) is 1. The first-order valence-electron chi connectivity index (χ1n) is 4.69. The van der Waals surface area contributed by atoms with Crippen LogP contribution in [-0.4, -0.2) is 13.1 Å². The normalized spacial score (nSPS) is 15.2. The van der Waals surface area contributed by atoms with Gasteiger partial charge in [-0.25, -0.2) is 0 Å². The van der Waals surface area contributed by atoms with E-state index in [1.807, 2.05) is 25.2 Å². The number of likely N-dealkylation sites (N-methyl/N-ethyl adjacent to an activating group) is 1. The molecule has 78 valence electrons. The van der Waals surface area contributed by atoms with E-state index in [4.69, 9.17) is 23.2 Å². The van der Waals surface area contributed by atoms with Crippen molar-refractivity contribution in [3.05, 3.63) is 33.8 Å². The van der Waals surface area contributed by atoms with Crippen LogP contribution >= 0.6 is 23.2 Å². The largest absolute Gasteiger partial charge is 0.317 e. The Bertz CT molecular complexity index is 312. The van der Waals surface area contributed by atoms with Gasteiger partial charge in [-0.2, -0.15) is 0 Å². The molecule has 0 aliphatic heterocycles. The van der Waals surface area contributed by atoms with Crippen LogP contribution in [0.2, 0.25) is 10.0 Å². The second-order valence-electron chi connectivity index (χ2n) is 3.51. The molecule has 0 bridgehead atoms. The fourth-order valence-electron chi connectivity index (χ4n) is 1.39. The SMILES string of the molecule is CNC(C)C(C)c1cccc(Cl)c1Cl. The third kappa shape index (κ3) is 2.41. The van der Waals surface area contributed by atoms with E-state index in [-0.39, 0.29) is 0 Å². The maximum atomic E-state index is 6.13. The van der Waals surface area contributed by atoms with Gasteiger partial charge in [-0.1, -0.05) is 42.3 Å². The second kappa shape index (κ2) is 5.01. The Morgan fingerprint density at radius 2 is 1.86 bits per heavy atom. The molecule has 1 aromatic rings. The molecule has 2 atom stereocenters. The van der Waals surface area contributed by atoms with Crippen molar-refractivity contribution >= 4 is 23.2 Å². The highest BCUT2D eigenvalue weighted by Crippen LogP contribution is 2.32. The van der Waals surface area contributed by atoms with Crippen molar-refractivity contribution in [2.45, 2.75) is 25.8 Å². The summed E-state index contributed by atoms with van der Waals surface area (Å²) in [7, 11) is 1.94. The minimum atomic E-state index is 0.353. The smallest absolute Gasteiger partial charge is 0.0627 e. The summed E-state index contributed by atoms with van der Waals surface area (Å²) in [5, 5.41) is 4.50. The molecule has 0 saturated carbocycles. The summed E-state index contributed by atoms with van der Waals surface area (Å²) in [6.07, 6.45) is 0. The summed E-state index contributed by atoms with van der Waals surface area (Å²) in [6, 6.07) is 6.14. The van der Waals surface area contributed by atoms with Crippen LogP contribution in [0.25, 0.3) is 0 Å². The van der Waals surface area contributed by atoms with E-state index in [2.05, 4.69) is 19.2 Å². The lowest BCUT2D eigenvalue weighted by atomic mass is 9.94. The summed E-state index contributed by atoms with van der Waals surface area (Å²) >= 11 is 12.1. The Kier molecular flexibility index (Phi) is 4.24. The standard InChI is InChI=1S/C11H15Cl2N/c1-7(8(2)14-3)9-5-4-6-10(12)11(9)13/h4-8,14H,1-3H3. The van der Waals surface area contributed by atoms with Gasteiger partial charge < -0.3 is 5.32 Å². The third-order valence-corrected chi connectivity index (χ3v) is 3.51. The van der Waals surface area contributed by atoms with Gasteiger partial charge >= 0.3 is 0 Å². The molecule has 3 heteroatoms. The monoisotopic (exact) mass is 231 g/mol. The summed E-state index contributed by atoms with van der Waals surface area (Å²) in [5.74, 6) is 0.353. The van der Waals surface area contributed by atoms with E-state index >= 15 is 0 Å². The van der Waals surface area contributed by atoms with Crippen LogP contribution < -0.4 is 5.32 Å². The molecule has 0 fully saturated rings. The maximum Gasteiger partial charge on any atom is 0.0627 e. The summed E-state index contributed by atoms with van der Waals surface area (Å²) in [5.41, 5.74) is 1.10. The molecule has 0 heterocycles. The first-order chi connectivity index (χ1) is 6.57. The molecule has 0 aromatic heterocycles. The molecule has 0 radical (unpaired) electrons. The Balaban J connectivity index is 3.01. The zero-order valence-electron chi connectivity index (χ0n) is 8.64. The van der Waals surface area contributed by atoms with Crippen LogP contribution in [0, 0.1) is 0 Å². The van der Waals surface area contributed by atoms with E-state index in [0.717, 1.165) is 5.56 Å². The van der Waals surface area contributed by atoms with Gasteiger partial charge in [0.2, 0.25) is 0 Å². The van der Waals surface area contributed by atoms with Crippen LogP contribution in [0.3, 0.4) is 0 Å². The summed E-state index contributed by atoms with van der Waals surface area (Å²) in [6.45, 7) is 4.26. The van der Waals surface area contributed by atoms with Gasteiger partial charge in [-0.3, -0.25) is 0 Å². The lowest BCUT2D eigenvalue weighted by molar-refractivity contribution is 0.524. The van der Waals surface area contributed by atoms with Gasteiger partial charge in [0.1, 0.15) is 0 Å². The van der Waals surface area contributed by atoms with E-state index in [9.17, 15) is 0 Å². The van der Waals surface area contributed by atoms with E-state index in [1.54, 1.807) is 0 Å². The van der Waals surface area contributed by atoms with E-state index < -0.39 is 0 Å². The molecular formula is C11H15Cl2N. The van der Waals surface area contributed by atoms with Crippen molar-refractivity contribution < 1.29 is 0 Å². The molecule has 2 unspecified atom stereocenters. The lowest BCUT2D eigenvalue weighted by Crippen LogP contribution is -2.27. The Labute approximate surface area is 95.4 Å². The molecule has 0 aliphatic carbocycles. The predicted molar refractivity (Wildman–Crippen MR) is 63.4 cm³/mol. The highest BCUT2D eigenvalue weighted by Gasteiger charge is 2.16. The van der Waals surface area contributed by atoms with Crippen LogP contribution in [0.5, 0.6) is 0 Å². The summed E-state index contributed by atoms with van der Waals surface area (Å²) in [4.78, 5) is 0. The number of benzene rings is 1. The Hall–Kier alpha value is -0.240. The number of nitrogens with one attached hydrogen (secondary N) is 1. The van der Waals surface area contributed by atoms with Crippen molar-refractivity contribution in [2.75, 3.05) is 7.05 Å². The third-order valence-electron chi connectivity index (χ3n) is 2.68. The Morgan fingerprint density at radius 1 is 1.21 bits per heavy atom. The number of halogens is 2. The van der Waals surface area contributed by atoms with E-state index in [0.29, 0.717) is 22.0 Å². The zero-order chi connectivity index (χ0) is 10.7. The molecule has 1 rings (SSSR count). The van der Waals surface area contributed by atoms with Crippen LogP contribution in [0.1, 0.15) is 25.3 Å². The molecule has 0 spiro atoms. The van der Waals surface area contributed by atoms with Crippen LogP contribution in [0.4, 0.5) is 0 Å². The highest BCUT2D eigenvalue weighted by molar-refractivity contribution is 6.42. The minimum absolute atomic E-state index is 0.353. The maximum absolute atomic E-state index is 6.13. The average Bonchev–Trinajstić information content (AvgIpc) is 2.20. The zero-order valence-corrected chi connectivity index (χ0v) is 10.2. The van der Waals surface area contributed by atoms with Gasteiger partial charge in [0.05, 0.1) is 10.0 Å². The lowest BCUT2D eigenvalue weighted by Gasteiger charge is -2.21. The van der Waals surface area contributed by atoms with E-state index in [1.165, 1.54) is 0 Å². The first-order valence-corrected chi connectivity index (χ1v) is 5.44. The fraction of sp³-hybridized carbons (Fsp3) is 0.455. The molecule has 1 N–H and O–H groups in total. The first kappa shape index (κ1) is 11.8. The highest BCUT2D eigenvalue weighted by atomic mass is 35.5. The van der Waals surface area contributed by atoms with Crippen LogP contribution in [-0.2, 0) is 0 Å². The number of rotatable bonds is 3. The molecule has 1 aromatic carbocycles. The van der Waals surface area contributed by atoms with Crippen molar-refractivity contribution in [2.24, 2.45) is 0 Å². The van der Waals surface area contributed by atoms with Gasteiger partial charge in [0.15, 0.2) is 0 Å². The molecule has 1 nitrogen and oxygen atoms in total. The Morgan fingerprint density at radius 3 is 2.43 bits per heavy atom. The fourth-order valence-corrected chi connectivity index (χ4v) is 1.87. The minimum Gasteiger partial charge on any atom is -0.317 e. The predicted octanol–water partition coefficient (Wildman–Crippen LogP) is 3.70. The van der Waals surface area contributed by atoms with Crippen molar-refractivity contribution in [3.63, 3.8) is 0 Å². The van der Waals surface area contributed by atoms with Gasteiger partial charge in [-0.15, -0.1) is 0 Å². The molecule has 0 saturated heterocycles. The molecule has 14 heavy (non-hydrogen) atoms. The number of hydrogen-bond donors (Lipinski definition) is 1. The molecule has 0 aliphatic rings.